The fourth-order valence-electron chi connectivity index (χ4n) is 3.04. The van der Waals surface area contributed by atoms with E-state index in [4.69, 9.17) is 9.47 Å². The van der Waals surface area contributed by atoms with Crippen molar-refractivity contribution in [3.63, 3.8) is 0 Å². The van der Waals surface area contributed by atoms with E-state index in [-0.39, 0.29) is 23.5 Å². The molecule has 0 N–H and O–H groups in total. The highest BCUT2D eigenvalue weighted by molar-refractivity contribution is 7.91. The number of nitrogens with zero attached hydrogens (tertiary/aromatic N) is 1. The van der Waals surface area contributed by atoms with Gasteiger partial charge in [0, 0.05) is 18.7 Å². The van der Waals surface area contributed by atoms with Gasteiger partial charge >= 0.3 is 0 Å². The third-order valence-electron chi connectivity index (χ3n) is 4.51. The van der Waals surface area contributed by atoms with E-state index < -0.39 is 9.84 Å². The van der Waals surface area contributed by atoms with Crippen LogP contribution in [0.25, 0.3) is 6.08 Å². The van der Waals surface area contributed by atoms with Gasteiger partial charge < -0.3 is 14.4 Å². The molecule has 2 rings (SSSR count). The van der Waals surface area contributed by atoms with Gasteiger partial charge in [0.1, 0.15) is 0 Å². The predicted octanol–water partition coefficient (Wildman–Crippen LogP) is 2.53. The van der Waals surface area contributed by atoms with E-state index in [0.29, 0.717) is 24.5 Å². The molecule has 1 amide bonds. The number of amides is 1. The minimum absolute atomic E-state index is 0.0622. The molecule has 7 heteroatoms. The Morgan fingerprint density at radius 3 is 2.58 bits per heavy atom. The van der Waals surface area contributed by atoms with Gasteiger partial charge in [-0.3, -0.25) is 4.79 Å². The van der Waals surface area contributed by atoms with Crippen LogP contribution in [0.2, 0.25) is 0 Å². The van der Waals surface area contributed by atoms with Gasteiger partial charge in [-0.05, 0) is 36.6 Å². The maximum Gasteiger partial charge on any atom is 0.246 e. The minimum atomic E-state index is -3.03. The first-order valence-corrected chi connectivity index (χ1v) is 10.6. The molecule has 0 saturated carbocycles. The van der Waals surface area contributed by atoms with Crippen LogP contribution < -0.4 is 9.47 Å². The number of ether oxygens (including phenoxy) is 2. The van der Waals surface area contributed by atoms with Gasteiger partial charge in [0.2, 0.25) is 5.91 Å². The predicted molar refractivity (Wildman–Crippen MR) is 102 cm³/mol. The second-order valence-electron chi connectivity index (χ2n) is 6.39. The molecular formula is C19H27NO5S. The van der Waals surface area contributed by atoms with Crippen molar-refractivity contribution in [3.05, 3.63) is 29.8 Å². The number of hydrogen-bond acceptors (Lipinski definition) is 5. The van der Waals surface area contributed by atoms with Crippen LogP contribution in [0.3, 0.4) is 0 Å². The van der Waals surface area contributed by atoms with Crippen LogP contribution in [0.1, 0.15) is 31.7 Å². The summed E-state index contributed by atoms with van der Waals surface area (Å²) in [6, 6.07) is 5.18. The number of sulfone groups is 1. The number of unbranched alkanes of at least 4 members (excludes halogenated alkanes) is 1. The van der Waals surface area contributed by atoms with E-state index in [1.165, 1.54) is 6.08 Å². The number of rotatable bonds is 8. The molecule has 1 heterocycles. The zero-order chi connectivity index (χ0) is 19.2. The van der Waals surface area contributed by atoms with Crippen LogP contribution in [0, 0.1) is 0 Å². The number of carbonyl (C=O) groups is 1. The molecule has 0 aliphatic carbocycles. The molecule has 1 atom stereocenters. The molecule has 1 saturated heterocycles. The maximum atomic E-state index is 12.7. The molecule has 1 aliphatic heterocycles. The average molecular weight is 381 g/mol. The Kier molecular flexibility index (Phi) is 7.08. The lowest BCUT2D eigenvalue weighted by Crippen LogP contribution is -2.40. The lowest BCUT2D eigenvalue weighted by Gasteiger charge is -2.27. The summed E-state index contributed by atoms with van der Waals surface area (Å²) in [5.74, 6) is 1.28. The molecule has 1 fully saturated rings. The summed E-state index contributed by atoms with van der Waals surface area (Å²) in [4.78, 5) is 14.4. The lowest BCUT2D eigenvalue weighted by atomic mass is 10.1. The molecule has 0 radical (unpaired) electrons. The summed E-state index contributed by atoms with van der Waals surface area (Å²) < 4.78 is 34.0. The first kappa shape index (κ1) is 20.3. The molecule has 0 aromatic heterocycles. The minimum Gasteiger partial charge on any atom is -0.493 e. The van der Waals surface area contributed by atoms with E-state index >= 15 is 0 Å². The summed E-state index contributed by atoms with van der Waals surface area (Å²) in [6.07, 6.45) is 5.53. The van der Waals surface area contributed by atoms with Crippen LogP contribution in [0.15, 0.2) is 24.3 Å². The molecule has 0 bridgehead atoms. The lowest BCUT2D eigenvalue weighted by molar-refractivity contribution is -0.127. The van der Waals surface area contributed by atoms with Crippen molar-refractivity contribution >= 4 is 21.8 Å². The Morgan fingerprint density at radius 2 is 2.00 bits per heavy atom. The molecule has 1 aliphatic rings. The Labute approximate surface area is 155 Å². The zero-order valence-electron chi connectivity index (χ0n) is 15.6. The van der Waals surface area contributed by atoms with Crippen molar-refractivity contribution in [1.82, 2.24) is 4.90 Å². The van der Waals surface area contributed by atoms with Crippen LogP contribution in [0.5, 0.6) is 11.5 Å². The summed E-state index contributed by atoms with van der Waals surface area (Å²) in [6.45, 7) is 2.62. The number of benzene rings is 1. The average Bonchev–Trinajstić information content (AvgIpc) is 2.99. The van der Waals surface area contributed by atoms with Gasteiger partial charge in [-0.2, -0.15) is 0 Å². The van der Waals surface area contributed by atoms with Crippen molar-refractivity contribution in [2.24, 2.45) is 0 Å². The van der Waals surface area contributed by atoms with Gasteiger partial charge in [-0.1, -0.05) is 19.4 Å². The Morgan fingerprint density at radius 1 is 1.27 bits per heavy atom. The second kappa shape index (κ2) is 9.07. The largest absolute Gasteiger partial charge is 0.493 e. The summed E-state index contributed by atoms with van der Waals surface area (Å²) in [5, 5.41) is 0. The van der Waals surface area contributed by atoms with Crippen molar-refractivity contribution in [1.29, 1.82) is 0 Å². The zero-order valence-corrected chi connectivity index (χ0v) is 16.4. The number of carbonyl (C=O) groups excluding carboxylic acids is 1. The van der Waals surface area contributed by atoms with Crippen LogP contribution >= 0.6 is 0 Å². The third-order valence-corrected chi connectivity index (χ3v) is 6.26. The van der Waals surface area contributed by atoms with Crippen molar-refractivity contribution < 1.29 is 22.7 Å². The maximum absolute atomic E-state index is 12.7. The van der Waals surface area contributed by atoms with Gasteiger partial charge in [-0.15, -0.1) is 0 Å². The molecule has 144 valence electrons. The van der Waals surface area contributed by atoms with Crippen LogP contribution in [-0.2, 0) is 14.6 Å². The normalized spacial score (nSPS) is 18.8. The number of methoxy groups -OCH3 is 2. The summed E-state index contributed by atoms with van der Waals surface area (Å²) in [7, 11) is 0.0954. The topological polar surface area (TPSA) is 72.9 Å². The number of hydrogen-bond donors (Lipinski definition) is 0. The highest BCUT2D eigenvalue weighted by Gasteiger charge is 2.33. The van der Waals surface area contributed by atoms with E-state index in [1.54, 1.807) is 37.3 Å². The summed E-state index contributed by atoms with van der Waals surface area (Å²) >= 11 is 0. The second-order valence-corrected chi connectivity index (χ2v) is 8.62. The molecule has 1 unspecified atom stereocenters. The fraction of sp³-hybridized carbons (Fsp3) is 0.526. The van der Waals surface area contributed by atoms with Crippen molar-refractivity contribution in [3.8, 4) is 11.5 Å². The molecule has 26 heavy (non-hydrogen) atoms. The SMILES string of the molecule is CCCCN(C(=O)C=Cc1ccc(OC)c(OC)c1)C1CCS(=O)(=O)C1. The highest BCUT2D eigenvalue weighted by Crippen LogP contribution is 2.28. The van der Waals surface area contributed by atoms with Gasteiger partial charge in [0.15, 0.2) is 21.3 Å². The highest BCUT2D eigenvalue weighted by atomic mass is 32.2. The smallest absolute Gasteiger partial charge is 0.246 e. The van der Waals surface area contributed by atoms with Crippen molar-refractivity contribution in [2.75, 3.05) is 32.3 Å². The fourth-order valence-corrected chi connectivity index (χ4v) is 4.77. The van der Waals surface area contributed by atoms with Gasteiger partial charge in [0.05, 0.1) is 25.7 Å². The molecule has 1 aromatic rings. The van der Waals surface area contributed by atoms with E-state index in [2.05, 4.69) is 0 Å². The van der Waals surface area contributed by atoms with Crippen LogP contribution in [-0.4, -0.2) is 57.5 Å². The van der Waals surface area contributed by atoms with Gasteiger partial charge in [-0.25, -0.2) is 8.42 Å². The molecule has 0 spiro atoms. The van der Waals surface area contributed by atoms with Gasteiger partial charge in [0.25, 0.3) is 0 Å². The van der Waals surface area contributed by atoms with E-state index in [0.717, 1.165) is 18.4 Å². The first-order valence-electron chi connectivity index (χ1n) is 8.81. The standard InChI is InChI=1S/C19H27NO5S/c1-4-5-11-20(16-10-12-26(22,23)14-16)19(21)9-7-15-6-8-17(24-2)18(13-15)25-3/h6-9,13,16H,4-5,10-12,14H2,1-3H3. The Hall–Kier alpha value is -2.02. The first-order chi connectivity index (χ1) is 12.4. The molecule has 1 aromatic carbocycles. The Bertz CT molecular complexity index is 757. The summed E-state index contributed by atoms with van der Waals surface area (Å²) in [5.41, 5.74) is 0.811. The van der Waals surface area contributed by atoms with Crippen LogP contribution in [0.4, 0.5) is 0 Å². The molecular weight excluding hydrogens is 354 g/mol. The van der Waals surface area contributed by atoms with E-state index in [9.17, 15) is 13.2 Å². The quantitative estimate of drug-likeness (QED) is 0.647. The Balaban J connectivity index is 2.14. The monoisotopic (exact) mass is 381 g/mol. The molecule has 6 nitrogen and oxygen atoms in total. The third kappa shape index (κ3) is 5.24. The van der Waals surface area contributed by atoms with Crippen molar-refractivity contribution in [2.45, 2.75) is 32.2 Å². The van der Waals surface area contributed by atoms with E-state index in [1.807, 2.05) is 13.0 Å².